The molecular weight excluding hydrogens is 218 g/mol. The van der Waals surface area contributed by atoms with E-state index in [0.29, 0.717) is 6.04 Å². The van der Waals surface area contributed by atoms with Crippen molar-refractivity contribution in [3.05, 3.63) is 24.2 Å². The SMILES string of the molecule is CCCNC(CSCC(C)C)c1ccco1. The second kappa shape index (κ2) is 7.80. The Bertz CT molecular complexity index is 259. The van der Waals surface area contributed by atoms with E-state index in [4.69, 9.17) is 4.42 Å². The van der Waals surface area contributed by atoms with Crippen molar-refractivity contribution in [3.8, 4) is 0 Å². The molecule has 92 valence electrons. The molecule has 1 N–H and O–H groups in total. The maximum Gasteiger partial charge on any atom is 0.121 e. The van der Waals surface area contributed by atoms with Gasteiger partial charge in [-0.25, -0.2) is 0 Å². The number of rotatable bonds is 8. The first-order chi connectivity index (χ1) is 7.74. The van der Waals surface area contributed by atoms with Crippen LogP contribution in [0.4, 0.5) is 0 Å². The summed E-state index contributed by atoms with van der Waals surface area (Å²) in [4.78, 5) is 0. The topological polar surface area (TPSA) is 25.2 Å². The molecule has 0 amide bonds. The first-order valence-corrected chi connectivity index (χ1v) is 7.24. The molecule has 1 rings (SSSR count). The molecular formula is C13H23NOS. The van der Waals surface area contributed by atoms with Gasteiger partial charge in [-0.3, -0.25) is 0 Å². The third-order valence-electron chi connectivity index (χ3n) is 2.26. The van der Waals surface area contributed by atoms with Gasteiger partial charge in [0.2, 0.25) is 0 Å². The number of hydrogen-bond acceptors (Lipinski definition) is 3. The van der Waals surface area contributed by atoms with Gasteiger partial charge in [-0.05, 0) is 36.8 Å². The van der Waals surface area contributed by atoms with Crippen LogP contribution in [0, 0.1) is 5.92 Å². The van der Waals surface area contributed by atoms with Crippen LogP contribution in [0.3, 0.4) is 0 Å². The smallest absolute Gasteiger partial charge is 0.121 e. The van der Waals surface area contributed by atoms with E-state index in [9.17, 15) is 0 Å². The zero-order valence-electron chi connectivity index (χ0n) is 10.5. The molecule has 0 aliphatic rings. The Morgan fingerprint density at radius 3 is 2.75 bits per heavy atom. The molecule has 0 aromatic carbocycles. The molecule has 1 aromatic heterocycles. The second-order valence-electron chi connectivity index (χ2n) is 4.45. The van der Waals surface area contributed by atoms with Crippen molar-refractivity contribution in [2.75, 3.05) is 18.1 Å². The lowest BCUT2D eigenvalue weighted by Gasteiger charge is -2.16. The molecule has 1 heterocycles. The van der Waals surface area contributed by atoms with Gasteiger partial charge in [0.25, 0.3) is 0 Å². The quantitative estimate of drug-likeness (QED) is 0.751. The Morgan fingerprint density at radius 1 is 1.38 bits per heavy atom. The molecule has 0 fully saturated rings. The van der Waals surface area contributed by atoms with Crippen LogP contribution >= 0.6 is 11.8 Å². The summed E-state index contributed by atoms with van der Waals surface area (Å²) in [6, 6.07) is 4.38. The van der Waals surface area contributed by atoms with Gasteiger partial charge < -0.3 is 9.73 Å². The van der Waals surface area contributed by atoms with Crippen LogP contribution < -0.4 is 5.32 Å². The van der Waals surface area contributed by atoms with E-state index in [1.807, 2.05) is 17.8 Å². The minimum absolute atomic E-state index is 0.360. The molecule has 0 aliphatic heterocycles. The van der Waals surface area contributed by atoms with Crippen LogP contribution in [-0.2, 0) is 0 Å². The molecule has 1 unspecified atom stereocenters. The highest BCUT2D eigenvalue weighted by molar-refractivity contribution is 7.99. The molecule has 1 aromatic rings. The molecule has 1 atom stereocenters. The highest BCUT2D eigenvalue weighted by Gasteiger charge is 2.13. The number of hydrogen-bond donors (Lipinski definition) is 1. The molecule has 0 aliphatic carbocycles. The summed E-state index contributed by atoms with van der Waals surface area (Å²) < 4.78 is 5.47. The fourth-order valence-corrected chi connectivity index (χ4v) is 2.60. The Kier molecular flexibility index (Phi) is 6.65. The van der Waals surface area contributed by atoms with Gasteiger partial charge >= 0.3 is 0 Å². The Balaban J connectivity index is 2.38. The fourth-order valence-electron chi connectivity index (χ4n) is 1.47. The average molecular weight is 241 g/mol. The lowest BCUT2D eigenvalue weighted by molar-refractivity contribution is 0.435. The van der Waals surface area contributed by atoms with E-state index in [1.54, 1.807) is 6.26 Å². The standard InChI is InChI=1S/C13H23NOS/c1-4-7-14-12(10-16-9-11(2)3)13-6-5-8-15-13/h5-6,8,11-12,14H,4,7,9-10H2,1-3H3. The molecule has 2 nitrogen and oxygen atoms in total. The molecule has 0 radical (unpaired) electrons. The van der Waals surface area contributed by atoms with E-state index in [-0.39, 0.29) is 0 Å². The predicted molar refractivity (Wildman–Crippen MR) is 71.9 cm³/mol. The minimum Gasteiger partial charge on any atom is -0.468 e. The van der Waals surface area contributed by atoms with E-state index >= 15 is 0 Å². The van der Waals surface area contributed by atoms with E-state index < -0.39 is 0 Å². The van der Waals surface area contributed by atoms with Gasteiger partial charge in [-0.15, -0.1) is 0 Å². The lowest BCUT2D eigenvalue weighted by Crippen LogP contribution is -2.24. The zero-order chi connectivity index (χ0) is 11.8. The Hall–Kier alpha value is -0.410. The Morgan fingerprint density at radius 2 is 2.19 bits per heavy atom. The minimum atomic E-state index is 0.360. The fraction of sp³-hybridized carbons (Fsp3) is 0.692. The van der Waals surface area contributed by atoms with Crippen LogP contribution in [-0.4, -0.2) is 18.1 Å². The van der Waals surface area contributed by atoms with Gasteiger partial charge in [-0.2, -0.15) is 11.8 Å². The maximum atomic E-state index is 5.47. The molecule has 0 saturated heterocycles. The van der Waals surface area contributed by atoms with E-state index in [0.717, 1.165) is 30.4 Å². The van der Waals surface area contributed by atoms with Gasteiger partial charge in [0.15, 0.2) is 0 Å². The Labute approximate surface area is 103 Å². The van der Waals surface area contributed by atoms with Crippen LogP contribution in [0.5, 0.6) is 0 Å². The van der Waals surface area contributed by atoms with Crippen molar-refractivity contribution in [3.63, 3.8) is 0 Å². The monoisotopic (exact) mass is 241 g/mol. The van der Waals surface area contributed by atoms with Crippen molar-refractivity contribution in [2.45, 2.75) is 33.2 Å². The van der Waals surface area contributed by atoms with E-state index in [1.165, 1.54) is 5.75 Å². The molecule has 0 spiro atoms. The summed E-state index contributed by atoms with van der Waals surface area (Å²) >= 11 is 2.00. The van der Waals surface area contributed by atoms with Gasteiger partial charge in [0, 0.05) is 5.75 Å². The number of thioether (sulfide) groups is 1. The summed E-state index contributed by atoms with van der Waals surface area (Å²) in [5, 5.41) is 3.53. The predicted octanol–water partition coefficient (Wildman–Crippen LogP) is 3.71. The highest BCUT2D eigenvalue weighted by atomic mass is 32.2. The van der Waals surface area contributed by atoms with Crippen LogP contribution in [0.15, 0.2) is 22.8 Å². The maximum absolute atomic E-state index is 5.47. The zero-order valence-corrected chi connectivity index (χ0v) is 11.3. The van der Waals surface area contributed by atoms with Crippen molar-refractivity contribution >= 4 is 11.8 Å². The van der Waals surface area contributed by atoms with Crippen molar-refractivity contribution in [2.24, 2.45) is 5.92 Å². The van der Waals surface area contributed by atoms with Crippen LogP contribution in [0.1, 0.15) is 39.0 Å². The van der Waals surface area contributed by atoms with Crippen molar-refractivity contribution < 1.29 is 4.42 Å². The summed E-state index contributed by atoms with van der Waals surface area (Å²) in [6.45, 7) is 7.75. The van der Waals surface area contributed by atoms with Gasteiger partial charge in [0.1, 0.15) is 5.76 Å². The molecule has 0 saturated carbocycles. The van der Waals surface area contributed by atoms with Gasteiger partial charge in [-0.1, -0.05) is 20.8 Å². The summed E-state index contributed by atoms with van der Waals surface area (Å²) in [7, 11) is 0. The molecule has 3 heteroatoms. The third-order valence-corrected chi connectivity index (χ3v) is 3.73. The molecule has 0 bridgehead atoms. The molecule has 16 heavy (non-hydrogen) atoms. The van der Waals surface area contributed by atoms with Crippen molar-refractivity contribution in [1.82, 2.24) is 5.32 Å². The van der Waals surface area contributed by atoms with Crippen LogP contribution in [0.2, 0.25) is 0 Å². The second-order valence-corrected chi connectivity index (χ2v) is 5.53. The first kappa shape index (κ1) is 13.7. The summed E-state index contributed by atoms with van der Waals surface area (Å²) in [5.41, 5.74) is 0. The highest BCUT2D eigenvalue weighted by Crippen LogP contribution is 2.20. The largest absolute Gasteiger partial charge is 0.468 e. The first-order valence-electron chi connectivity index (χ1n) is 6.08. The average Bonchev–Trinajstić information content (AvgIpc) is 2.75. The number of furan rings is 1. The normalized spacial score (nSPS) is 13.2. The summed E-state index contributed by atoms with van der Waals surface area (Å²) in [5.74, 6) is 4.12. The van der Waals surface area contributed by atoms with Crippen molar-refractivity contribution in [1.29, 1.82) is 0 Å². The summed E-state index contributed by atoms with van der Waals surface area (Å²) in [6.07, 6.45) is 2.91. The number of nitrogens with one attached hydrogen (secondary N) is 1. The third kappa shape index (κ3) is 5.08. The van der Waals surface area contributed by atoms with E-state index in [2.05, 4.69) is 32.2 Å². The lowest BCUT2D eigenvalue weighted by atomic mass is 10.2. The van der Waals surface area contributed by atoms with Crippen LogP contribution in [0.25, 0.3) is 0 Å². The van der Waals surface area contributed by atoms with Gasteiger partial charge in [0.05, 0.1) is 12.3 Å².